The summed E-state index contributed by atoms with van der Waals surface area (Å²) in [4.78, 5) is 4.19. The number of anilines is 1. The number of hydrogen-bond acceptors (Lipinski definition) is 4. The van der Waals surface area contributed by atoms with Crippen LogP contribution in [0.4, 0.5) is 5.82 Å². The number of rotatable bonds is 5. The lowest BCUT2D eigenvalue weighted by Gasteiger charge is -2.07. The molecule has 18 heavy (non-hydrogen) atoms. The first-order valence-electron chi connectivity index (χ1n) is 6.02. The minimum atomic E-state index is 0.522. The minimum Gasteiger partial charge on any atom is -0.439 e. The Hall–Kier alpha value is -2.07. The van der Waals surface area contributed by atoms with Crippen molar-refractivity contribution in [2.75, 3.05) is 5.43 Å². The molecule has 94 valence electrons. The average Bonchev–Trinajstić information content (AvgIpc) is 2.42. The van der Waals surface area contributed by atoms with Crippen LogP contribution in [0.15, 0.2) is 42.5 Å². The zero-order valence-corrected chi connectivity index (χ0v) is 10.4. The monoisotopic (exact) mass is 243 g/mol. The quantitative estimate of drug-likeness (QED) is 0.625. The van der Waals surface area contributed by atoms with E-state index in [1.165, 1.54) is 5.56 Å². The van der Waals surface area contributed by atoms with Gasteiger partial charge in [0.2, 0.25) is 5.88 Å². The SMILES string of the molecule is CCCc1ccc(Oc2cccc(NN)n2)cc1. The number of nitrogen functional groups attached to an aromatic ring is 1. The number of aromatic nitrogens is 1. The van der Waals surface area contributed by atoms with E-state index in [9.17, 15) is 0 Å². The lowest BCUT2D eigenvalue weighted by atomic mass is 10.1. The summed E-state index contributed by atoms with van der Waals surface area (Å²) in [6.45, 7) is 2.17. The smallest absolute Gasteiger partial charge is 0.221 e. The molecule has 3 N–H and O–H groups in total. The Morgan fingerprint density at radius 1 is 1.17 bits per heavy atom. The topological polar surface area (TPSA) is 60.2 Å². The van der Waals surface area contributed by atoms with Gasteiger partial charge in [-0.05, 0) is 30.2 Å². The van der Waals surface area contributed by atoms with Gasteiger partial charge in [-0.1, -0.05) is 31.5 Å². The van der Waals surface area contributed by atoms with Crippen LogP contribution in [-0.2, 0) is 6.42 Å². The van der Waals surface area contributed by atoms with Crippen LogP contribution in [0.3, 0.4) is 0 Å². The highest BCUT2D eigenvalue weighted by atomic mass is 16.5. The number of ether oxygens (including phenoxy) is 1. The van der Waals surface area contributed by atoms with Crippen molar-refractivity contribution < 1.29 is 4.74 Å². The van der Waals surface area contributed by atoms with Crippen LogP contribution in [0.1, 0.15) is 18.9 Å². The number of benzene rings is 1. The summed E-state index contributed by atoms with van der Waals surface area (Å²) in [6, 6.07) is 13.5. The molecule has 0 aliphatic heterocycles. The van der Waals surface area contributed by atoms with Crippen molar-refractivity contribution >= 4 is 5.82 Å². The number of nitrogens with two attached hydrogens (primary N) is 1. The van der Waals surface area contributed by atoms with E-state index in [4.69, 9.17) is 10.6 Å². The van der Waals surface area contributed by atoms with Gasteiger partial charge in [-0.15, -0.1) is 0 Å². The third kappa shape index (κ3) is 3.21. The molecular weight excluding hydrogens is 226 g/mol. The standard InChI is InChI=1S/C14H17N3O/c1-2-4-11-7-9-12(10-8-11)18-14-6-3-5-13(16-14)17-15/h3,5-10H,2,4,15H2,1H3,(H,16,17). The minimum absolute atomic E-state index is 0.522. The number of hydrazine groups is 1. The summed E-state index contributed by atoms with van der Waals surface area (Å²) in [5.74, 6) is 7.17. The van der Waals surface area contributed by atoms with E-state index >= 15 is 0 Å². The van der Waals surface area contributed by atoms with Gasteiger partial charge in [0.15, 0.2) is 0 Å². The predicted molar refractivity (Wildman–Crippen MR) is 72.6 cm³/mol. The Morgan fingerprint density at radius 2 is 1.94 bits per heavy atom. The second-order valence-electron chi connectivity index (χ2n) is 4.00. The molecule has 0 radical (unpaired) electrons. The Morgan fingerprint density at radius 3 is 2.61 bits per heavy atom. The van der Waals surface area contributed by atoms with Gasteiger partial charge in [0.05, 0.1) is 0 Å². The fraction of sp³-hybridized carbons (Fsp3) is 0.214. The molecule has 0 unspecified atom stereocenters. The van der Waals surface area contributed by atoms with Crippen molar-refractivity contribution in [1.29, 1.82) is 0 Å². The van der Waals surface area contributed by atoms with Crippen molar-refractivity contribution in [2.45, 2.75) is 19.8 Å². The number of nitrogens with zero attached hydrogens (tertiary/aromatic N) is 1. The molecule has 0 amide bonds. The van der Waals surface area contributed by atoms with Gasteiger partial charge >= 0.3 is 0 Å². The lowest BCUT2D eigenvalue weighted by Crippen LogP contribution is -2.08. The van der Waals surface area contributed by atoms with Gasteiger partial charge in [-0.3, -0.25) is 0 Å². The Kier molecular flexibility index (Phi) is 4.15. The van der Waals surface area contributed by atoms with Gasteiger partial charge in [0, 0.05) is 6.07 Å². The third-order valence-corrected chi connectivity index (χ3v) is 2.56. The molecule has 1 aromatic heterocycles. The number of pyridine rings is 1. The molecule has 1 heterocycles. The maximum Gasteiger partial charge on any atom is 0.221 e. The predicted octanol–water partition coefficient (Wildman–Crippen LogP) is 3.11. The van der Waals surface area contributed by atoms with E-state index in [2.05, 4.69) is 29.5 Å². The molecular formula is C14H17N3O. The largest absolute Gasteiger partial charge is 0.439 e. The van der Waals surface area contributed by atoms with Gasteiger partial charge < -0.3 is 10.2 Å². The van der Waals surface area contributed by atoms with E-state index in [-0.39, 0.29) is 0 Å². The molecule has 4 nitrogen and oxygen atoms in total. The molecule has 0 saturated carbocycles. The summed E-state index contributed by atoms with van der Waals surface area (Å²) in [5.41, 5.74) is 3.80. The second-order valence-corrected chi connectivity index (χ2v) is 4.00. The maximum absolute atomic E-state index is 5.65. The molecule has 2 rings (SSSR count). The number of nitrogens with one attached hydrogen (secondary N) is 1. The molecule has 0 aliphatic rings. The lowest BCUT2D eigenvalue weighted by molar-refractivity contribution is 0.463. The highest BCUT2D eigenvalue weighted by Crippen LogP contribution is 2.21. The van der Waals surface area contributed by atoms with Crippen molar-refractivity contribution in [3.8, 4) is 11.6 Å². The molecule has 4 heteroatoms. The molecule has 0 aliphatic carbocycles. The van der Waals surface area contributed by atoms with E-state index in [1.807, 2.05) is 18.2 Å². The van der Waals surface area contributed by atoms with Crippen molar-refractivity contribution in [3.63, 3.8) is 0 Å². The first kappa shape index (κ1) is 12.4. The Bertz CT molecular complexity index is 497. The zero-order chi connectivity index (χ0) is 12.8. The Balaban J connectivity index is 2.08. The molecule has 0 saturated heterocycles. The summed E-state index contributed by atoms with van der Waals surface area (Å²) < 4.78 is 5.65. The second kappa shape index (κ2) is 6.02. The van der Waals surface area contributed by atoms with Crippen molar-refractivity contribution in [3.05, 3.63) is 48.0 Å². The molecule has 2 aromatic rings. The molecule has 0 fully saturated rings. The normalized spacial score (nSPS) is 10.1. The number of aryl methyl sites for hydroxylation is 1. The average molecular weight is 243 g/mol. The molecule has 1 aromatic carbocycles. The van der Waals surface area contributed by atoms with Crippen LogP contribution in [0.5, 0.6) is 11.6 Å². The summed E-state index contributed by atoms with van der Waals surface area (Å²) in [7, 11) is 0. The fourth-order valence-corrected chi connectivity index (χ4v) is 1.69. The van der Waals surface area contributed by atoms with Gasteiger partial charge in [0.1, 0.15) is 11.6 Å². The molecule has 0 atom stereocenters. The van der Waals surface area contributed by atoms with Crippen molar-refractivity contribution in [1.82, 2.24) is 4.98 Å². The molecule has 0 spiro atoms. The van der Waals surface area contributed by atoms with Crippen LogP contribution < -0.4 is 16.0 Å². The van der Waals surface area contributed by atoms with Gasteiger partial charge in [-0.2, -0.15) is 4.98 Å². The van der Waals surface area contributed by atoms with Crippen LogP contribution in [0.25, 0.3) is 0 Å². The van der Waals surface area contributed by atoms with Gasteiger partial charge in [0.25, 0.3) is 0 Å². The van der Waals surface area contributed by atoms with Crippen LogP contribution >= 0.6 is 0 Å². The highest BCUT2D eigenvalue weighted by molar-refractivity contribution is 5.37. The Labute approximate surface area is 107 Å². The highest BCUT2D eigenvalue weighted by Gasteiger charge is 2.00. The van der Waals surface area contributed by atoms with E-state index in [0.717, 1.165) is 18.6 Å². The first-order valence-corrected chi connectivity index (χ1v) is 6.02. The summed E-state index contributed by atoms with van der Waals surface area (Å²) in [6.07, 6.45) is 2.23. The van der Waals surface area contributed by atoms with Crippen LogP contribution in [0, 0.1) is 0 Å². The third-order valence-electron chi connectivity index (χ3n) is 2.56. The van der Waals surface area contributed by atoms with E-state index < -0.39 is 0 Å². The molecule has 0 bridgehead atoms. The first-order chi connectivity index (χ1) is 8.81. The van der Waals surface area contributed by atoms with Gasteiger partial charge in [-0.25, -0.2) is 5.84 Å². The summed E-state index contributed by atoms with van der Waals surface area (Å²) in [5, 5.41) is 0. The fourth-order valence-electron chi connectivity index (χ4n) is 1.69. The van der Waals surface area contributed by atoms with Crippen molar-refractivity contribution in [2.24, 2.45) is 5.84 Å². The van der Waals surface area contributed by atoms with Crippen LogP contribution in [-0.4, -0.2) is 4.98 Å². The van der Waals surface area contributed by atoms with Crippen LogP contribution in [0.2, 0.25) is 0 Å². The number of hydrogen-bond donors (Lipinski definition) is 2. The summed E-state index contributed by atoms with van der Waals surface area (Å²) >= 11 is 0. The maximum atomic E-state index is 5.65. The zero-order valence-electron chi connectivity index (χ0n) is 10.4. The van der Waals surface area contributed by atoms with E-state index in [1.54, 1.807) is 12.1 Å². The van der Waals surface area contributed by atoms with E-state index in [0.29, 0.717) is 11.7 Å².